The second-order valence-electron chi connectivity index (χ2n) is 16.0. The molecule has 0 saturated carbocycles. The number of alkyl halides is 1. The van der Waals surface area contributed by atoms with Crippen molar-refractivity contribution in [2.24, 2.45) is 23.5 Å². The number of carbonyl (C=O) groups excluding carboxylic acids is 4. The third kappa shape index (κ3) is 8.75. The Labute approximate surface area is 332 Å². The van der Waals surface area contributed by atoms with E-state index in [2.05, 4.69) is 27.1 Å². The predicted molar refractivity (Wildman–Crippen MR) is 201 cm³/mol. The average Bonchev–Trinajstić information content (AvgIpc) is 3.76. The molecule has 0 spiro atoms. The summed E-state index contributed by atoms with van der Waals surface area (Å²) < 4.78 is 48.2. The lowest BCUT2D eigenvalue weighted by molar-refractivity contribution is -0.288. The number of Topliss-reactive ketones (excluding diaryl/α,β-unsaturated/α-hetero) is 2. The number of methoxy groups -OCH3 is 1. The first kappa shape index (κ1) is 43.8. The van der Waals surface area contributed by atoms with Crippen LogP contribution in [0.15, 0.2) is 30.6 Å². The number of halogens is 1. The van der Waals surface area contributed by atoms with Crippen molar-refractivity contribution in [2.45, 2.75) is 141 Å². The number of amides is 1. The van der Waals surface area contributed by atoms with Gasteiger partial charge in [-0.05, 0) is 59.1 Å². The van der Waals surface area contributed by atoms with Crippen molar-refractivity contribution in [3.63, 3.8) is 0 Å². The molecule has 3 saturated heterocycles. The molecular weight excluding hydrogens is 743 g/mol. The number of nitrogens with zero attached hydrogens (tertiary/aromatic N) is 5. The number of esters is 1. The summed E-state index contributed by atoms with van der Waals surface area (Å²) in [4.78, 5) is 61.8. The van der Waals surface area contributed by atoms with Crippen LogP contribution in [0.2, 0.25) is 0 Å². The van der Waals surface area contributed by atoms with Gasteiger partial charge in [0.2, 0.25) is 0 Å². The molecular formula is C40H55FN6O10. The van der Waals surface area contributed by atoms with E-state index in [4.69, 9.17) is 29.4 Å². The number of hydrogen-bond acceptors (Lipinski definition) is 14. The van der Waals surface area contributed by atoms with E-state index < -0.39 is 95.3 Å². The SMILES string of the molecule is CC[C@H]1OC(=O)[C@@](C)(F)C(=O)[C@H](C)[C@@H](O[C@@H]2O[C@H](C)CC(N)C2O)[C@](C)(OC)C[C@@H](C)C(=O)[C@H](C)[C@H]2N(CC#CCn3cc(-c4ccccn4)nn3)C(=O)O[C@]12C. The van der Waals surface area contributed by atoms with Crippen molar-refractivity contribution < 1.29 is 52.4 Å². The molecule has 5 heterocycles. The van der Waals surface area contributed by atoms with E-state index in [0.29, 0.717) is 17.8 Å². The number of aromatic nitrogens is 4. The number of cyclic esters (lactones) is 1. The van der Waals surface area contributed by atoms with Crippen LogP contribution in [0.3, 0.4) is 0 Å². The largest absolute Gasteiger partial charge is 0.455 e. The average molecular weight is 799 g/mol. The first-order valence-corrected chi connectivity index (χ1v) is 19.3. The zero-order chi connectivity index (χ0) is 42.0. The minimum atomic E-state index is -3.21. The quantitative estimate of drug-likeness (QED) is 0.235. The van der Waals surface area contributed by atoms with E-state index in [0.717, 1.165) is 6.92 Å². The molecule has 57 heavy (non-hydrogen) atoms. The summed E-state index contributed by atoms with van der Waals surface area (Å²) in [5, 5.41) is 19.2. The van der Waals surface area contributed by atoms with Crippen LogP contribution in [0.1, 0.15) is 74.7 Å². The molecule has 0 aliphatic carbocycles. The minimum absolute atomic E-state index is 0.0373. The Hall–Kier alpha value is -4.34. The summed E-state index contributed by atoms with van der Waals surface area (Å²) in [7, 11) is 1.36. The van der Waals surface area contributed by atoms with Crippen LogP contribution in [-0.4, -0.2) is 127 Å². The molecule has 2 aromatic heterocycles. The van der Waals surface area contributed by atoms with E-state index in [1.165, 1.54) is 30.5 Å². The van der Waals surface area contributed by atoms with Crippen molar-refractivity contribution in [3.05, 3.63) is 30.6 Å². The second-order valence-corrected chi connectivity index (χ2v) is 16.0. The van der Waals surface area contributed by atoms with Crippen LogP contribution >= 0.6 is 0 Å². The fourth-order valence-corrected chi connectivity index (χ4v) is 8.48. The maximum Gasteiger partial charge on any atom is 0.411 e. The number of hydrogen-bond donors (Lipinski definition) is 2. The fraction of sp³-hybridized carbons (Fsp3) is 0.675. The van der Waals surface area contributed by atoms with Crippen LogP contribution in [0, 0.1) is 29.6 Å². The molecule has 312 valence electrons. The molecule has 2 aromatic rings. The Balaban J connectivity index is 1.49. The Morgan fingerprint density at radius 1 is 1.05 bits per heavy atom. The summed E-state index contributed by atoms with van der Waals surface area (Å²) in [5.41, 5.74) is 0.984. The van der Waals surface area contributed by atoms with Gasteiger partial charge in [-0.2, -0.15) is 0 Å². The molecule has 2 unspecified atom stereocenters. The Morgan fingerprint density at radius 2 is 1.75 bits per heavy atom. The lowest BCUT2D eigenvalue weighted by Crippen LogP contribution is -2.61. The maximum absolute atomic E-state index is 16.8. The maximum atomic E-state index is 16.8. The fourth-order valence-electron chi connectivity index (χ4n) is 8.48. The molecule has 3 N–H and O–H groups in total. The van der Waals surface area contributed by atoms with Gasteiger partial charge in [0, 0.05) is 37.1 Å². The third-order valence-corrected chi connectivity index (χ3v) is 11.7. The number of carbonyl (C=O) groups is 4. The van der Waals surface area contributed by atoms with Gasteiger partial charge >= 0.3 is 12.1 Å². The molecule has 13 atom stereocenters. The summed E-state index contributed by atoms with van der Waals surface area (Å²) in [6.45, 7) is 12.0. The highest BCUT2D eigenvalue weighted by atomic mass is 19.1. The third-order valence-electron chi connectivity index (χ3n) is 11.7. The van der Waals surface area contributed by atoms with E-state index in [1.807, 2.05) is 6.07 Å². The highest BCUT2D eigenvalue weighted by molar-refractivity contribution is 6.08. The molecule has 0 radical (unpaired) electrons. The Morgan fingerprint density at radius 3 is 2.40 bits per heavy atom. The molecule has 16 nitrogen and oxygen atoms in total. The van der Waals surface area contributed by atoms with E-state index >= 15 is 4.39 Å². The van der Waals surface area contributed by atoms with Crippen LogP contribution in [0.4, 0.5) is 9.18 Å². The van der Waals surface area contributed by atoms with Crippen LogP contribution in [0.5, 0.6) is 0 Å². The number of aliphatic hydroxyl groups is 1. The monoisotopic (exact) mass is 798 g/mol. The van der Waals surface area contributed by atoms with Gasteiger partial charge in [-0.15, -0.1) is 5.10 Å². The molecule has 3 aliphatic rings. The zero-order valence-corrected chi connectivity index (χ0v) is 34.0. The molecule has 5 rings (SSSR count). The highest BCUT2D eigenvalue weighted by Crippen LogP contribution is 2.43. The van der Waals surface area contributed by atoms with Crippen molar-refractivity contribution >= 4 is 23.6 Å². The summed E-state index contributed by atoms with van der Waals surface area (Å²) >= 11 is 0. The van der Waals surface area contributed by atoms with Crippen molar-refractivity contribution in [3.8, 4) is 23.2 Å². The molecule has 3 aliphatic heterocycles. The Bertz CT molecular complexity index is 1850. The van der Waals surface area contributed by atoms with Gasteiger partial charge in [0.1, 0.15) is 30.2 Å². The normalized spacial score (nSPS) is 38.1. The topological polar surface area (TPSA) is 208 Å². The lowest BCUT2D eigenvalue weighted by Gasteiger charge is -2.46. The number of pyridine rings is 1. The molecule has 17 heteroatoms. The van der Waals surface area contributed by atoms with E-state index in [9.17, 15) is 24.3 Å². The molecule has 1 amide bonds. The van der Waals surface area contributed by atoms with Gasteiger partial charge in [0.25, 0.3) is 5.67 Å². The summed E-state index contributed by atoms with van der Waals surface area (Å²) in [5.74, 6) is -0.194. The van der Waals surface area contributed by atoms with Crippen LogP contribution < -0.4 is 5.73 Å². The highest BCUT2D eigenvalue weighted by Gasteiger charge is 2.61. The van der Waals surface area contributed by atoms with Crippen molar-refractivity contribution in [1.82, 2.24) is 24.9 Å². The number of ether oxygens (including phenoxy) is 5. The van der Waals surface area contributed by atoms with Gasteiger partial charge in [-0.25, -0.2) is 18.7 Å². The smallest absolute Gasteiger partial charge is 0.411 e. The predicted octanol–water partition coefficient (Wildman–Crippen LogP) is 3.04. The second kappa shape index (κ2) is 17.3. The van der Waals surface area contributed by atoms with Gasteiger partial charge in [-0.3, -0.25) is 19.5 Å². The van der Waals surface area contributed by atoms with Crippen LogP contribution in [-0.2, 0) is 44.6 Å². The number of fused-ring (bicyclic) bond motifs is 1. The van der Waals surface area contributed by atoms with E-state index in [1.54, 1.807) is 59.1 Å². The van der Waals surface area contributed by atoms with Crippen LogP contribution in [0.25, 0.3) is 11.4 Å². The minimum Gasteiger partial charge on any atom is -0.455 e. The summed E-state index contributed by atoms with van der Waals surface area (Å²) in [6, 6.07) is 3.65. The molecule has 0 aromatic carbocycles. The van der Waals surface area contributed by atoms with Gasteiger partial charge in [0.05, 0.1) is 42.3 Å². The lowest BCUT2D eigenvalue weighted by atomic mass is 9.73. The first-order chi connectivity index (χ1) is 26.8. The van der Waals surface area contributed by atoms with Gasteiger partial charge in [-0.1, -0.05) is 50.8 Å². The standard InChI is InChI=1S/C40H55FN6O10/c1-10-29-40(8)32(47(37(52)57-40)18-14-13-17-46-21-28(44-45-46)27-15-11-12-16-43-27)24(4)30(48)22(2)20-38(6,53-9)34(25(5)33(50)39(7,41)36(51)55-29)56-35-31(49)26(42)19-23(3)54-35/h11-12,15-16,21-26,29,31-32,34-35,49H,10,17-20,42H2,1-9H3/t22-,23-,24+,25+,26?,29-,31?,32-,34-,35+,38-,39+,40-/m1/s1. The van der Waals surface area contributed by atoms with E-state index in [-0.39, 0.29) is 31.7 Å². The van der Waals surface area contributed by atoms with Gasteiger partial charge in [0.15, 0.2) is 17.7 Å². The van der Waals surface area contributed by atoms with Gasteiger partial charge < -0.3 is 34.5 Å². The number of rotatable bonds is 7. The van der Waals surface area contributed by atoms with Crippen molar-refractivity contribution in [2.75, 3.05) is 13.7 Å². The zero-order valence-electron chi connectivity index (χ0n) is 34.0. The van der Waals surface area contributed by atoms with Crippen molar-refractivity contribution in [1.29, 1.82) is 0 Å². The Kier molecular flexibility index (Phi) is 13.3. The first-order valence-electron chi connectivity index (χ1n) is 19.3. The number of nitrogens with two attached hydrogens (primary N) is 1. The molecule has 3 fully saturated rings. The number of ketones is 2. The molecule has 0 bridgehead atoms. The summed E-state index contributed by atoms with van der Waals surface area (Å²) in [6.07, 6.45) is -2.88. The number of aliphatic hydroxyl groups excluding tert-OH is 1.